The lowest BCUT2D eigenvalue weighted by molar-refractivity contribution is 0.0759. The molecule has 1 aliphatic heterocycles. The molecule has 0 spiro atoms. The van der Waals surface area contributed by atoms with Crippen molar-refractivity contribution in [3.05, 3.63) is 41.0 Å². The van der Waals surface area contributed by atoms with Gasteiger partial charge in [0.05, 0.1) is 0 Å². The van der Waals surface area contributed by atoms with Crippen molar-refractivity contribution in [1.82, 2.24) is 4.90 Å². The highest BCUT2D eigenvalue weighted by atomic mass is 16.2. The molecule has 0 aliphatic carbocycles. The van der Waals surface area contributed by atoms with E-state index in [1.807, 2.05) is 30.9 Å². The maximum Gasteiger partial charge on any atom is 0.254 e. The molecule has 1 heterocycles. The predicted octanol–water partition coefficient (Wildman–Crippen LogP) is 2.23. The van der Waals surface area contributed by atoms with Gasteiger partial charge in [0, 0.05) is 24.3 Å². The number of allylic oxidation sites excluding steroid dienone is 1. The van der Waals surface area contributed by atoms with Crippen LogP contribution in [0.25, 0.3) is 0 Å². The zero-order valence-electron chi connectivity index (χ0n) is 10.4. The summed E-state index contributed by atoms with van der Waals surface area (Å²) in [6, 6.07) is 5.60. The summed E-state index contributed by atoms with van der Waals surface area (Å²) in [7, 11) is 0. The summed E-state index contributed by atoms with van der Waals surface area (Å²) in [6.07, 6.45) is 2.99. The monoisotopic (exact) mass is 230 g/mol. The van der Waals surface area contributed by atoms with E-state index in [0.717, 1.165) is 24.1 Å². The van der Waals surface area contributed by atoms with Gasteiger partial charge in [-0.3, -0.25) is 4.79 Å². The van der Waals surface area contributed by atoms with Crippen LogP contribution in [0.2, 0.25) is 0 Å². The van der Waals surface area contributed by atoms with Gasteiger partial charge < -0.3 is 10.6 Å². The van der Waals surface area contributed by atoms with E-state index in [1.165, 1.54) is 5.57 Å². The molecule has 2 N–H and O–H groups in total. The number of rotatable bonds is 2. The van der Waals surface area contributed by atoms with Crippen LogP contribution in [0, 0.1) is 0 Å². The molecule has 1 aliphatic rings. The second kappa shape index (κ2) is 4.62. The average molecular weight is 230 g/mol. The van der Waals surface area contributed by atoms with Gasteiger partial charge in [-0.1, -0.05) is 17.7 Å². The van der Waals surface area contributed by atoms with Crippen LogP contribution in [0.3, 0.4) is 0 Å². The third kappa shape index (κ3) is 2.49. The molecule has 3 nitrogen and oxygen atoms in total. The summed E-state index contributed by atoms with van der Waals surface area (Å²) in [5.41, 5.74) is 9.49. The molecule has 17 heavy (non-hydrogen) atoms. The lowest BCUT2D eigenvalue weighted by Gasteiger charge is -2.27. The van der Waals surface area contributed by atoms with E-state index in [-0.39, 0.29) is 5.91 Å². The highest BCUT2D eigenvalue weighted by molar-refractivity contribution is 5.97. The molecular formula is C14H18N2O. The molecule has 0 bridgehead atoms. The molecular weight excluding hydrogens is 212 g/mol. The maximum absolute atomic E-state index is 12.2. The minimum atomic E-state index is 0.0936. The highest BCUT2D eigenvalue weighted by Gasteiger charge is 2.23. The van der Waals surface area contributed by atoms with Gasteiger partial charge >= 0.3 is 0 Å². The number of carbonyl (C=O) groups is 1. The van der Waals surface area contributed by atoms with Crippen molar-refractivity contribution in [3.63, 3.8) is 0 Å². The van der Waals surface area contributed by atoms with Crippen molar-refractivity contribution in [2.24, 2.45) is 0 Å². The zero-order chi connectivity index (χ0) is 12.4. The molecule has 1 aromatic rings. The Kier molecular flexibility index (Phi) is 3.18. The first-order chi connectivity index (χ1) is 8.08. The first-order valence-electron chi connectivity index (χ1n) is 5.89. The summed E-state index contributed by atoms with van der Waals surface area (Å²) in [5, 5.41) is 0. The summed E-state index contributed by atoms with van der Waals surface area (Å²) in [4.78, 5) is 14.1. The maximum atomic E-state index is 12.2. The van der Waals surface area contributed by atoms with Crippen molar-refractivity contribution in [2.45, 2.75) is 20.3 Å². The topological polar surface area (TPSA) is 46.3 Å². The minimum Gasteiger partial charge on any atom is -0.399 e. The van der Waals surface area contributed by atoms with Crippen LogP contribution in [0.5, 0.6) is 0 Å². The first kappa shape index (κ1) is 11.7. The van der Waals surface area contributed by atoms with Crippen LogP contribution in [-0.2, 0) is 6.42 Å². The number of fused-ring (bicyclic) bond motifs is 1. The van der Waals surface area contributed by atoms with Crippen LogP contribution in [-0.4, -0.2) is 23.9 Å². The Morgan fingerprint density at radius 2 is 2.24 bits per heavy atom. The van der Waals surface area contributed by atoms with Gasteiger partial charge in [0.2, 0.25) is 0 Å². The number of hydrogen-bond acceptors (Lipinski definition) is 2. The van der Waals surface area contributed by atoms with Crippen LogP contribution in [0.15, 0.2) is 29.8 Å². The standard InChI is InChI=1S/C14H18N2O/c1-10(2)5-7-16-8-6-11-3-4-12(15)9-13(11)14(16)17/h3-5,9H,6-8,15H2,1-2H3. The fourth-order valence-corrected chi connectivity index (χ4v) is 2.01. The molecule has 2 rings (SSSR count). The Labute approximate surface area is 102 Å². The Bertz CT molecular complexity index is 473. The van der Waals surface area contributed by atoms with E-state index < -0.39 is 0 Å². The normalized spacial score (nSPS) is 14.5. The summed E-state index contributed by atoms with van der Waals surface area (Å²) < 4.78 is 0. The Balaban J connectivity index is 2.23. The van der Waals surface area contributed by atoms with Gasteiger partial charge in [-0.25, -0.2) is 0 Å². The van der Waals surface area contributed by atoms with Gasteiger partial charge in [0.1, 0.15) is 0 Å². The van der Waals surface area contributed by atoms with Gasteiger partial charge in [0.15, 0.2) is 0 Å². The van der Waals surface area contributed by atoms with Gasteiger partial charge in [-0.15, -0.1) is 0 Å². The quantitative estimate of drug-likeness (QED) is 0.625. The zero-order valence-corrected chi connectivity index (χ0v) is 10.4. The number of anilines is 1. The number of carbonyl (C=O) groups excluding carboxylic acids is 1. The van der Waals surface area contributed by atoms with E-state index in [9.17, 15) is 4.79 Å². The third-order valence-corrected chi connectivity index (χ3v) is 3.02. The number of nitrogens with two attached hydrogens (primary N) is 1. The second-order valence-corrected chi connectivity index (χ2v) is 4.70. The lowest BCUT2D eigenvalue weighted by atomic mass is 9.98. The molecule has 1 amide bonds. The summed E-state index contributed by atoms with van der Waals surface area (Å²) in [6.45, 7) is 5.57. The minimum absolute atomic E-state index is 0.0936. The molecule has 0 aromatic heterocycles. The molecule has 0 saturated heterocycles. The highest BCUT2D eigenvalue weighted by Crippen LogP contribution is 2.21. The summed E-state index contributed by atoms with van der Waals surface area (Å²) >= 11 is 0. The van der Waals surface area contributed by atoms with Crippen molar-refractivity contribution < 1.29 is 4.79 Å². The van der Waals surface area contributed by atoms with Gasteiger partial charge in [-0.2, -0.15) is 0 Å². The first-order valence-corrected chi connectivity index (χ1v) is 5.89. The number of nitrogens with zero attached hydrogens (tertiary/aromatic N) is 1. The lowest BCUT2D eigenvalue weighted by Crippen LogP contribution is -2.37. The Morgan fingerprint density at radius 1 is 1.47 bits per heavy atom. The molecule has 0 atom stereocenters. The summed E-state index contributed by atoms with van der Waals surface area (Å²) in [5.74, 6) is 0.0936. The average Bonchev–Trinajstić information content (AvgIpc) is 2.29. The van der Waals surface area contributed by atoms with E-state index in [0.29, 0.717) is 12.2 Å². The van der Waals surface area contributed by atoms with Crippen molar-refractivity contribution in [1.29, 1.82) is 0 Å². The van der Waals surface area contributed by atoms with Crippen molar-refractivity contribution in [3.8, 4) is 0 Å². The number of nitrogen functional groups attached to an aromatic ring is 1. The van der Waals surface area contributed by atoms with Crippen molar-refractivity contribution >= 4 is 11.6 Å². The third-order valence-electron chi connectivity index (χ3n) is 3.02. The molecule has 0 saturated carbocycles. The molecule has 0 unspecified atom stereocenters. The second-order valence-electron chi connectivity index (χ2n) is 4.70. The molecule has 0 fully saturated rings. The fourth-order valence-electron chi connectivity index (χ4n) is 2.01. The van der Waals surface area contributed by atoms with Crippen molar-refractivity contribution in [2.75, 3.05) is 18.8 Å². The predicted molar refractivity (Wildman–Crippen MR) is 69.9 cm³/mol. The molecule has 0 radical (unpaired) electrons. The molecule has 90 valence electrons. The Hall–Kier alpha value is -1.77. The Morgan fingerprint density at radius 3 is 2.94 bits per heavy atom. The molecule has 3 heteroatoms. The SMILES string of the molecule is CC(C)=CCN1CCc2ccc(N)cc2C1=O. The number of hydrogen-bond donors (Lipinski definition) is 1. The van der Waals surface area contributed by atoms with Crippen LogP contribution >= 0.6 is 0 Å². The van der Waals surface area contributed by atoms with Gasteiger partial charge in [-0.05, 0) is 38.0 Å². The van der Waals surface area contributed by atoms with E-state index in [4.69, 9.17) is 5.73 Å². The van der Waals surface area contributed by atoms with E-state index >= 15 is 0 Å². The van der Waals surface area contributed by atoms with Crippen LogP contribution in [0.4, 0.5) is 5.69 Å². The molecule has 1 aromatic carbocycles. The van der Waals surface area contributed by atoms with Crippen LogP contribution in [0.1, 0.15) is 29.8 Å². The fraction of sp³-hybridized carbons (Fsp3) is 0.357. The van der Waals surface area contributed by atoms with E-state index in [2.05, 4.69) is 6.08 Å². The van der Waals surface area contributed by atoms with E-state index in [1.54, 1.807) is 6.07 Å². The van der Waals surface area contributed by atoms with Gasteiger partial charge in [0.25, 0.3) is 5.91 Å². The number of benzene rings is 1. The smallest absolute Gasteiger partial charge is 0.254 e. The largest absolute Gasteiger partial charge is 0.399 e. The number of amides is 1. The van der Waals surface area contributed by atoms with Crippen LogP contribution < -0.4 is 5.73 Å².